The van der Waals surface area contributed by atoms with E-state index in [2.05, 4.69) is 15.3 Å². The number of hydrogen-bond acceptors (Lipinski definition) is 5. The molecule has 35 heavy (non-hydrogen) atoms. The molecule has 4 aromatic rings. The Morgan fingerprint density at radius 1 is 1.17 bits per heavy atom. The Morgan fingerprint density at radius 2 is 1.91 bits per heavy atom. The van der Waals surface area contributed by atoms with Crippen LogP contribution >= 0.6 is 0 Å². The normalized spacial score (nSPS) is 13.0. The first-order chi connectivity index (χ1) is 16.6. The van der Waals surface area contributed by atoms with E-state index in [9.17, 15) is 13.6 Å². The van der Waals surface area contributed by atoms with Gasteiger partial charge in [-0.3, -0.25) is 14.2 Å². The molecule has 0 saturated carbocycles. The second-order valence-electron chi connectivity index (χ2n) is 8.94. The highest BCUT2D eigenvalue weighted by molar-refractivity contribution is 5.95. The number of nitrogens with zero attached hydrogens (tertiary/aromatic N) is 3. The largest absolute Gasteiger partial charge is 0.485 e. The van der Waals surface area contributed by atoms with Crippen molar-refractivity contribution >= 4 is 11.6 Å². The van der Waals surface area contributed by atoms with Crippen molar-refractivity contribution in [2.45, 2.75) is 39.3 Å². The van der Waals surface area contributed by atoms with Crippen LogP contribution in [0.3, 0.4) is 0 Å². The second kappa shape index (κ2) is 9.79. The summed E-state index contributed by atoms with van der Waals surface area (Å²) in [5.74, 6) is -1.41. The Balaban J connectivity index is 1.55. The van der Waals surface area contributed by atoms with Crippen molar-refractivity contribution in [3.05, 3.63) is 94.7 Å². The fourth-order valence-corrected chi connectivity index (χ4v) is 3.90. The fraction of sp³-hybridized carbons (Fsp3) is 0.269. The maximum Gasteiger partial charge on any atom is 0.270 e. The summed E-state index contributed by atoms with van der Waals surface area (Å²) < 4.78 is 35.4. The zero-order valence-corrected chi connectivity index (χ0v) is 19.8. The van der Waals surface area contributed by atoms with E-state index in [1.165, 1.54) is 18.2 Å². The van der Waals surface area contributed by atoms with Crippen molar-refractivity contribution in [1.29, 1.82) is 0 Å². The summed E-state index contributed by atoms with van der Waals surface area (Å²) in [4.78, 5) is 21.9. The third kappa shape index (κ3) is 5.46. The van der Waals surface area contributed by atoms with Crippen molar-refractivity contribution < 1.29 is 18.3 Å². The van der Waals surface area contributed by atoms with Crippen LogP contribution in [0.1, 0.15) is 39.9 Å². The number of nitrogens with one attached hydrogen (secondary N) is 1. The van der Waals surface area contributed by atoms with E-state index in [4.69, 9.17) is 10.5 Å². The molecular weight excluding hydrogens is 452 g/mol. The minimum absolute atomic E-state index is 0.177. The minimum Gasteiger partial charge on any atom is -0.485 e. The van der Waals surface area contributed by atoms with Crippen LogP contribution in [0.15, 0.2) is 54.9 Å². The van der Waals surface area contributed by atoms with E-state index < -0.39 is 17.2 Å². The topological polar surface area (TPSA) is 94.5 Å². The summed E-state index contributed by atoms with van der Waals surface area (Å²) in [6, 6.07) is 11.0. The number of hydrogen-bond donors (Lipinski definition) is 2. The van der Waals surface area contributed by atoms with Crippen LogP contribution in [0.4, 0.5) is 8.78 Å². The van der Waals surface area contributed by atoms with Crippen LogP contribution in [0.25, 0.3) is 5.65 Å². The lowest BCUT2D eigenvalue weighted by Crippen LogP contribution is -2.49. The van der Waals surface area contributed by atoms with Crippen LogP contribution in [0, 0.1) is 25.5 Å². The van der Waals surface area contributed by atoms with Gasteiger partial charge in [0.15, 0.2) is 11.4 Å². The standard InChI is InChI=1S/C26H27F2N5O2/c1-16-11-22(35-14-19-20(27)8-6-9-21(19)28)24-32-17(2)23(33(24)13-16)25(34)31-15-26(3,29)12-18-7-4-5-10-30-18/h4-11,13H,12,14-15,29H2,1-3H3,(H,31,34). The molecule has 3 aromatic heterocycles. The van der Waals surface area contributed by atoms with Crippen molar-refractivity contribution in [1.82, 2.24) is 19.7 Å². The predicted molar refractivity (Wildman–Crippen MR) is 128 cm³/mol. The van der Waals surface area contributed by atoms with E-state index in [0.717, 1.165) is 11.3 Å². The molecule has 0 aliphatic rings. The molecule has 4 rings (SSSR count). The maximum absolute atomic E-state index is 14.0. The number of carbonyl (C=O) groups excluding carboxylic acids is 1. The fourth-order valence-electron chi connectivity index (χ4n) is 3.90. The molecule has 3 heterocycles. The Hall–Kier alpha value is -3.85. The second-order valence-corrected chi connectivity index (χ2v) is 8.94. The van der Waals surface area contributed by atoms with Gasteiger partial charge in [-0.1, -0.05) is 12.1 Å². The van der Waals surface area contributed by atoms with Crippen molar-refractivity contribution in [2.24, 2.45) is 5.73 Å². The van der Waals surface area contributed by atoms with Gasteiger partial charge in [-0.2, -0.15) is 0 Å². The van der Waals surface area contributed by atoms with Gasteiger partial charge in [0, 0.05) is 36.6 Å². The first kappa shape index (κ1) is 24.3. The zero-order valence-electron chi connectivity index (χ0n) is 19.8. The number of aromatic nitrogens is 3. The third-order valence-corrected chi connectivity index (χ3v) is 5.61. The number of fused-ring (bicyclic) bond motifs is 1. The first-order valence-corrected chi connectivity index (χ1v) is 11.2. The summed E-state index contributed by atoms with van der Waals surface area (Å²) in [6.45, 7) is 5.30. The molecule has 1 unspecified atom stereocenters. The summed E-state index contributed by atoms with van der Waals surface area (Å²) >= 11 is 0. The summed E-state index contributed by atoms with van der Waals surface area (Å²) in [5, 5.41) is 2.90. The lowest BCUT2D eigenvalue weighted by atomic mass is 9.96. The van der Waals surface area contributed by atoms with E-state index in [1.807, 2.05) is 32.0 Å². The minimum atomic E-state index is -0.716. The Bertz CT molecular complexity index is 1350. The monoisotopic (exact) mass is 479 g/mol. The third-order valence-electron chi connectivity index (χ3n) is 5.61. The molecule has 0 saturated heterocycles. The summed E-state index contributed by atoms with van der Waals surface area (Å²) in [7, 11) is 0. The lowest BCUT2D eigenvalue weighted by molar-refractivity contribution is 0.0938. The van der Waals surface area contributed by atoms with Crippen LogP contribution in [-0.2, 0) is 13.0 Å². The van der Waals surface area contributed by atoms with Gasteiger partial charge in [-0.15, -0.1) is 0 Å². The molecule has 0 radical (unpaired) electrons. The van der Waals surface area contributed by atoms with Crippen LogP contribution in [0.2, 0.25) is 0 Å². The van der Waals surface area contributed by atoms with Gasteiger partial charge in [0.05, 0.1) is 11.3 Å². The zero-order chi connectivity index (χ0) is 25.2. The molecular formula is C26H27F2N5O2. The van der Waals surface area contributed by atoms with E-state index in [1.54, 1.807) is 29.8 Å². The Labute approximate surface area is 202 Å². The molecule has 182 valence electrons. The number of nitrogens with two attached hydrogens (primary N) is 1. The first-order valence-electron chi connectivity index (χ1n) is 11.2. The molecule has 1 atom stereocenters. The number of aryl methyl sites for hydroxylation is 2. The quantitative estimate of drug-likeness (QED) is 0.400. The number of imidazole rings is 1. The SMILES string of the molecule is Cc1cc(OCc2c(F)cccc2F)c2nc(C)c(C(=O)NCC(C)(N)Cc3ccccn3)n2c1. The predicted octanol–water partition coefficient (Wildman–Crippen LogP) is 3.89. The average Bonchev–Trinajstić information content (AvgIpc) is 3.13. The summed E-state index contributed by atoms with van der Waals surface area (Å²) in [5.41, 5.74) is 8.33. The molecule has 7 nitrogen and oxygen atoms in total. The average molecular weight is 480 g/mol. The van der Waals surface area contributed by atoms with Gasteiger partial charge < -0.3 is 15.8 Å². The number of benzene rings is 1. The maximum atomic E-state index is 14.0. The lowest BCUT2D eigenvalue weighted by Gasteiger charge is -2.24. The highest BCUT2D eigenvalue weighted by Crippen LogP contribution is 2.26. The molecule has 0 spiro atoms. The van der Waals surface area contributed by atoms with Crippen LogP contribution in [0.5, 0.6) is 5.75 Å². The molecule has 1 aromatic carbocycles. The number of pyridine rings is 2. The van der Waals surface area contributed by atoms with Gasteiger partial charge >= 0.3 is 0 Å². The molecule has 3 N–H and O–H groups in total. The van der Waals surface area contributed by atoms with Gasteiger partial charge in [0.1, 0.15) is 23.9 Å². The number of halogens is 2. The molecule has 0 aliphatic heterocycles. The number of amides is 1. The van der Waals surface area contributed by atoms with Crippen LogP contribution in [-0.4, -0.2) is 32.4 Å². The smallest absolute Gasteiger partial charge is 0.270 e. The van der Waals surface area contributed by atoms with E-state index >= 15 is 0 Å². The Kier molecular flexibility index (Phi) is 6.79. The van der Waals surface area contributed by atoms with E-state index in [-0.39, 0.29) is 24.6 Å². The van der Waals surface area contributed by atoms with E-state index in [0.29, 0.717) is 29.2 Å². The Morgan fingerprint density at radius 3 is 2.60 bits per heavy atom. The van der Waals surface area contributed by atoms with Crippen molar-refractivity contribution in [3.8, 4) is 5.75 Å². The van der Waals surface area contributed by atoms with Gasteiger partial charge in [-0.05, 0) is 56.7 Å². The van der Waals surface area contributed by atoms with Gasteiger partial charge in [-0.25, -0.2) is 13.8 Å². The van der Waals surface area contributed by atoms with Crippen LogP contribution < -0.4 is 15.8 Å². The highest BCUT2D eigenvalue weighted by Gasteiger charge is 2.24. The van der Waals surface area contributed by atoms with Crippen molar-refractivity contribution in [2.75, 3.05) is 6.54 Å². The molecule has 0 bridgehead atoms. The van der Waals surface area contributed by atoms with Gasteiger partial charge in [0.25, 0.3) is 5.91 Å². The number of carbonyl (C=O) groups is 1. The molecule has 0 fully saturated rings. The number of rotatable bonds is 8. The van der Waals surface area contributed by atoms with Gasteiger partial charge in [0.2, 0.25) is 0 Å². The molecule has 9 heteroatoms. The summed E-state index contributed by atoms with van der Waals surface area (Å²) in [6.07, 6.45) is 3.95. The highest BCUT2D eigenvalue weighted by atomic mass is 19.1. The van der Waals surface area contributed by atoms with Crippen molar-refractivity contribution in [3.63, 3.8) is 0 Å². The molecule has 0 aliphatic carbocycles. The number of ether oxygens (including phenoxy) is 1. The molecule has 1 amide bonds.